The maximum atomic E-state index is 11.7. The Bertz CT molecular complexity index is 710. The summed E-state index contributed by atoms with van der Waals surface area (Å²) in [6, 6.07) is 4.19. The summed E-state index contributed by atoms with van der Waals surface area (Å²) in [7, 11) is -3.63. The Morgan fingerprint density at radius 3 is 2.37 bits per heavy atom. The predicted molar refractivity (Wildman–Crippen MR) is 69.1 cm³/mol. The van der Waals surface area contributed by atoms with Crippen molar-refractivity contribution >= 4 is 21.7 Å². The second kappa shape index (κ2) is 5.07. The zero-order valence-electron chi connectivity index (χ0n) is 10.3. The summed E-state index contributed by atoms with van der Waals surface area (Å²) in [6.45, 7) is 1.56. The molecular formula is C11H12N4O3S. The molecule has 0 aliphatic carbocycles. The van der Waals surface area contributed by atoms with Gasteiger partial charge in [0.05, 0.1) is 10.5 Å². The van der Waals surface area contributed by atoms with Crippen LogP contribution in [0, 0.1) is 18.3 Å². The molecule has 1 rings (SSSR count). The number of hydrogen-bond acceptors (Lipinski definition) is 4. The molecule has 0 aliphatic rings. The van der Waals surface area contributed by atoms with E-state index in [0.717, 1.165) is 12.3 Å². The van der Waals surface area contributed by atoms with E-state index in [-0.39, 0.29) is 16.0 Å². The number of nitriles is 1. The first kappa shape index (κ1) is 14.7. The molecule has 0 saturated heterocycles. The number of carbonyl (C=O) groups excluding carboxylic acids is 1. The Balaban J connectivity index is 3.59. The molecule has 7 nitrogen and oxygen atoms in total. The first-order valence-corrected chi connectivity index (χ1v) is 6.94. The van der Waals surface area contributed by atoms with E-state index in [1.807, 2.05) is 0 Å². The molecule has 19 heavy (non-hydrogen) atoms. The van der Waals surface area contributed by atoms with Gasteiger partial charge in [0.15, 0.2) is 15.8 Å². The minimum atomic E-state index is -3.63. The maximum Gasteiger partial charge on any atom is 0.280 e. The smallest absolute Gasteiger partial charge is 0.280 e. The standard InChI is InChI=1S/C11H12N4O3S/c1-6-3-7(5-12)9(19(2,17)18)4-8(6)10(16)15-11(13)14/h3-4H,1-2H3,(H4,13,14,15,16). The lowest BCUT2D eigenvalue weighted by atomic mass is 10.1. The Hall–Kier alpha value is -2.40. The van der Waals surface area contributed by atoms with Gasteiger partial charge in [0.2, 0.25) is 0 Å². The molecule has 0 heterocycles. The van der Waals surface area contributed by atoms with Gasteiger partial charge in [0.25, 0.3) is 5.91 Å². The summed E-state index contributed by atoms with van der Waals surface area (Å²) in [6.07, 6.45) is 0.952. The fourth-order valence-electron chi connectivity index (χ4n) is 1.49. The third-order valence-electron chi connectivity index (χ3n) is 2.31. The largest absolute Gasteiger partial charge is 0.370 e. The number of aliphatic imine (C=N–C) groups is 1. The molecule has 0 radical (unpaired) electrons. The van der Waals surface area contributed by atoms with E-state index in [9.17, 15) is 13.2 Å². The van der Waals surface area contributed by atoms with Crippen LogP contribution in [0.1, 0.15) is 21.5 Å². The van der Waals surface area contributed by atoms with Gasteiger partial charge in [-0.3, -0.25) is 4.79 Å². The minimum absolute atomic E-state index is 0.0266. The van der Waals surface area contributed by atoms with Crippen molar-refractivity contribution in [1.29, 1.82) is 5.26 Å². The van der Waals surface area contributed by atoms with E-state index in [1.165, 1.54) is 6.07 Å². The summed E-state index contributed by atoms with van der Waals surface area (Å²) in [4.78, 5) is 14.8. The second-order valence-corrected chi connectivity index (χ2v) is 5.87. The van der Waals surface area contributed by atoms with Crippen LogP contribution in [0.3, 0.4) is 0 Å². The van der Waals surface area contributed by atoms with Crippen LogP contribution in [0.25, 0.3) is 0 Å². The monoisotopic (exact) mass is 280 g/mol. The topological polar surface area (TPSA) is 139 Å². The highest BCUT2D eigenvalue weighted by Crippen LogP contribution is 2.21. The van der Waals surface area contributed by atoms with Crippen LogP contribution in [0.4, 0.5) is 0 Å². The molecule has 1 aromatic carbocycles. The molecule has 0 spiro atoms. The first-order chi connectivity index (χ1) is 8.66. The lowest BCUT2D eigenvalue weighted by Crippen LogP contribution is -2.24. The van der Waals surface area contributed by atoms with Crippen molar-refractivity contribution in [3.63, 3.8) is 0 Å². The summed E-state index contributed by atoms with van der Waals surface area (Å²) in [5.41, 5.74) is 10.6. The van der Waals surface area contributed by atoms with Crippen molar-refractivity contribution in [1.82, 2.24) is 0 Å². The number of guanidine groups is 1. The molecule has 0 saturated carbocycles. The zero-order valence-corrected chi connectivity index (χ0v) is 11.2. The van der Waals surface area contributed by atoms with Crippen LogP contribution in [-0.4, -0.2) is 26.5 Å². The SMILES string of the molecule is Cc1cc(C#N)c(S(C)(=O)=O)cc1C(=O)N=C(N)N. The van der Waals surface area contributed by atoms with Gasteiger partial charge in [0, 0.05) is 11.8 Å². The lowest BCUT2D eigenvalue weighted by Gasteiger charge is -2.07. The van der Waals surface area contributed by atoms with Crippen LogP contribution in [-0.2, 0) is 9.84 Å². The normalized spacial score (nSPS) is 10.6. The van der Waals surface area contributed by atoms with Gasteiger partial charge in [-0.05, 0) is 24.6 Å². The van der Waals surface area contributed by atoms with Crippen molar-refractivity contribution < 1.29 is 13.2 Å². The van der Waals surface area contributed by atoms with Gasteiger partial charge in [-0.1, -0.05) is 0 Å². The van der Waals surface area contributed by atoms with E-state index >= 15 is 0 Å². The Morgan fingerprint density at radius 2 is 1.95 bits per heavy atom. The molecule has 0 aromatic heterocycles. The Kier molecular flexibility index (Phi) is 3.92. The van der Waals surface area contributed by atoms with Gasteiger partial charge in [-0.15, -0.1) is 0 Å². The molecule has 8 heteroatoms. The van der Waals surface area contributed by atoms with E-state index in [0.29, 0.717) is 5.56 Å². The molecule has 0 bridgehead atoms. The second-order valence-electron chi connectivity index (χ2n) is 3.89. The molecule has 4 N–H and O–H groups in total. The average molecular weight is 280 g/mol. The fourth-order valence-corrected chi connectivity index (χ4v) is 2.33. The van der Waals surface area contributed by atoms with E-state index < -0.39 is 21.7 Å². The van der Waals surface area contributed by atoms with Crippen LogP contribution in [0.2, 0.25) is 0 Å². The molecular weight excluding hydrogens is 268 g/mol. The van der Waals surface area contributed by atoms with Crippen LogP contribution in [0.5, 0.6) is 0 Å². The number of nitrogens with zero attached hydrogens (tertiary/aromatic N) is 2. The van der Waals surface area contributed by atoms with Gasteiger partial charge in [0.1, 0.15) is 6.07 Å². The molecule has 100 valence electrons. The summed E-state index contributed by atoms with van der Waals surface area (Å²) in [5, 5.41) is 8.91. The predicted octanol–water partition coefficient (Wildman–Crippen LogP) is -0.316. The minimum Gasteiger partial charge on any atom is -0.370 e. The van der Waals surface area contributed by atoms with Gasteiger partial charge in [-0.2, -0.15) is 10.3 Å². The summed E-state index contributed by atoms with van der Waals surface area (Å²) in [5.74, 6) is -1.18. The molecule has 0 atom stereocenters. The number of nitrogens with two attached hydrogens (primary N) is 2. The molecule has 0 fully saturated rings. The molecule has 0 unspecified atom stereocenters. The summed E-state index contributed by atoms with van der Waals surface area (Å²) < 4.78 is 23.1. The zero-order chi connectivity index (χ0) is 14.8. The highest BCUT2D eigenvalue weighted by Gasteiger charge is 2.19. The summed E-state index contributed by atoms with van der Waals surface area (Å²) >= 11 is 0. The number of carbonyl (C=O) groups is 1. The van der Waals surface area contributed by atoms with Gasteiger partial charge >= 0.3 is 0 Å². The third kappa shape index (κ3) is 3.29. The molecule has 0 aliphatic heterocycles. The average Bonchev–Trinajstić information content (AvgIpc) is 2.25. The number of amides is 1. The highest BCUT2D eigenvalue weighted by atomic mass is 32.2. The van der Waals surface area contributed by atoms with E-state index in [2.05, 4.69) is 4.99 Å². The van der Waals surface area contributed by atoms with Crippen molar-refractivity contribution in [3.8, 4) is 6.07 Å². The van der Waals surface area contributed by atoms with Crippen molar-refractivity contribution in [2.75, 3.05) is 6.26 Å². The maximum absolute atomic E-state index is 11.7. The van der Waals surface area contributed by atoms with Crippen molar-refractivity contribution in [2.24, 2.45) is 16.5 Å². The molecule has 1 amide bonds. The van der Waals surface area contributed by atoms with Crippen LogP contribution < -0.4 is 11.5 Å². The third-order valence-corrected chi connectivity index (χ3v) is 3.44. The molecule has 1 aromatic rings. The number of aryl methyl sites for hydroxylation is 1. The van der Waals surface area contributed by atoms with Crippen LogP contribution >= 0.6 is 0 Å². The highest BCUT2D eigenvalue weighted by molar-refractivity contribution is 7.90. The van der Waals surface area contributed by atoms with E-state index in [4.69, 9.17) is 16.7 Å². The Labute approximate surface area is 110 Å². The number of sulfone groups is 1. The van der Waals surface area contributed by atoms with Gasteiger partial charge < -0.3 is 11.5 Å². The lowest BCUT2D eigenvalue weighted by molar-refractivity contribution is 0.100. The quantitative estimate of drug-likeness (QED) is 0.562. The Morgan fingerprint density at radius 1 is 1.37 bits per heavy atom. The number of rotatable bonds is 2. The van der Waals surface area contributed by atoms with Crippen molar-refractivity contribution in [2.45, 2.75) is 11.8 Å². The van der Waals surface area contributed by atoms with E-state index in [1.54, 1.807) is 13.0 Å². The van der Waals surface area contributed by atoms with Gasteiger partial charge in [-0.25, -0.2) is 8.42 Å². The first-order valence-electron chi connectivity index (χ1n) is 5.05. The van der Waals surface area contributed by atoms with Crippen molar-refractivity contribution in [3.05, 3.63) is 28.8 Å². The number of hydrogen-bond donors (Lipinski definition) is 2. The van der Waals surface area contributed by atoms with Crippen LogP contribution in [0.15, 0.2) is 22.0 Å². The fraction of sp³-hybridized carbons (Fsp3) is 0.182. The number of benzene rings is 1.